The van der Waals surface area contributed by atoms with Gasteiger partial charge in [-0.05, 0) is 26.2 Å². The molecule has 1 aliphatic heterocycles. The Labute approximate surface area is 128 Å². The van der Waals surface area contributed by atoms with Crippen molar-refractivity contribution in [2.75, 3.05) is 19.6 Å². The predicted molar refractivity (Wildman–Crippen MR) is 83.0 cm³/mol. The highest BCUT2D eigenvalue weighted by Gasteiger charge is 2.27. The molecular weight excluding hydrogens is 278 g/mol. The third-order valence-corrected chi connectivity index (χ3v) is 3.74. The largest absolute Gasteiger partial charge is 0.347 e. The molecule has 0 bridgehead atoms. The highest BCUT2D eigenvalue weighted by molar-refractivity contribution is 5.85. The zero-order chi connectivity index (χ0) is 14.4. The normalized spacial score (nSPS) is 22.4. The van der Waals surface area contributed by atoms with Crippen LogP contribution in [0.15, 0.2) is 0 Å². The quantitative estimate of drug-likeness (QED) is 0.801. The fourth-order valence-corrected chi connectivity index (χ4v) is 2.19. The fraction of sp³-hybridized carbons (Fsp3) is 0.857. The average Bonchev–Trinajstić information content (AvgIpc) is 2.36. The first-order chi connectivity index (χ1) is 8.91. The van der Waals surface area contributed by atoms with Crippen LogP contribution >= 0.6 is 12.4 Å². The molecule has 2 atom stereocenters. The first kappa shape index (κ1) is 19.2. The van der Waals surface area contributed by atoms with Crippen LogP contribution in [-0.2, 0) is 9.59 Å². The Bertz CT molecular complexity index is 324. The smallest absolute Gasteiger partial charge is 0.242 e. The molecule has 5 nitrogen and oxygen atoms in total. The van der Waals surface area contributed by atoms with Crippen LogP contribution in [0.5, 0.6) is 0 Å². The molecule has 0 saturated carbocycles. The fourth-order valence-electron chi connectivity index (χ4n) is 2.19. The molecule has 0 aliphatic carbocycles. The summed E-state index contributed by atoms with van der Waals surface area (Å²) < 4.78 is 0. The van der Waals surface area contributed by atoms with E-state index in [1.165, 1.54) is 0 Å². The lowest BCUT2D eigenvalue weighted by molar-refractivity contribution is -0.136. The lowest BCUT2D eigenvalue weighted by Gasteiger charge is -2.38. The molecular formula is C14H28ClN3O2. The Balaban J connectivity index is 0.00000361. The van der Waals surface area contributed by atoms with Crippen molar-refractivity contribution in [1.29, 1.82) is 0 Å². The third kappa shape index (κ3) is 6.09. The summed E-state index contributed by atoms with van der Waals surface area (Å²) >= 11 is 0. The van der Waals surface area contributed by atoms with Crippen molar-refractivity contribution in [2.24, 2.45) is 5.92 Å². The minimum atomic E-state index is -0.0297. The van der Waals surface area contributed by atoms with Gasteiger partial charge in [0.05, 0.1) is 6.54 Å². The SMILES string of the molecule is CC(C)CCC(=O)NCC(=O)N1CCNC(C)C1C.Cl. The number of piperazine rings is 1. The highest BCUT2D eigenvalue weighted by Crippen LogP contribution is 2.08. The summed E-state index contributed by atoms with van der Waals surface area (Å²) in [6.45, 7) is 9.93. The van der Waals surface area contributed by atoms with Crippen molar-refractivity contribution in [3.05, 3.63) is 0 Å². The molecule has 2 amide bonds. The van der Waals surface area contributed by atoms with E-state index in [1.54, 1.807) is 0 Å². The van der Waals surface area contributed by atoms with Gasteiger partial charge in [0, 0.05) is 31.6 Å². The molecule has 1 fully saturated rings. The molecule has 6 heteroatoms. The summed E-state index contributed by atoms with van der Waals surface area (Å²) in [6.07, 6.45) is 1.36. The van der Waals surface area contributed by atoms with Crippen LogP contribution in [0.2, 0.25) is 0 Å². The maximum Gasteiger partial charge on any atom is 0.242 e. The first-order valence-electron chi connectivity index (χ1n) is 7.21. The zero-order valence-electron chi connectivity index (χ0n) is 12.9. The van der Waals surface area contributed by atoms with Crippen molar-refractivity contribution in [2.45, 2.75) is 52.6 Å². The molecule has 2 N–H and O–H groups in total. The summed E-state index contributed by atoms with van der Waals surface area (Å²) in [4.78, 5) is 25.5. The summed E-state index contributed by atoms with van der Waals surface area (Å²) in [5.41, 5.74) is 0. The van der Waals surface area contributed by atoms with Gasteiger partial charge >= 0.3 is 0 Å². The van der Waals surface area contributed by atoms with E-state index in [0.717, 1.165) is 13.0 Å². The van der Waals surface area contributed by atoms with Crippen LogP contribution in [0.4, 0.5) is 0 Å². The van der Waals surface area contributed by atoms with Gasteiger partial charge in [-0.2, -0.15) is 0 Å². The number of amides is 2. The summed E-state index contributed by atoms with van der Waals surface area (Å²) in [5.74, 6) is 0.493. The summed E-state index contributed by atoms with van der Waals surface area (Å²) in [7, 11) is 0. The van der Waals surface area contributed by atoms with Crippen LogP contribution in [0.1, 0.15) is 40.5 Å². The molecule has 0 aromatic rings. The van der Waals surface area contributed by atoms with Crippen molar-refractivity contribution >= 4 is 24.2 Å². The maximum atomic E-state index is 12.1. The monoisotopic (exact) mass is 305 g/mol. The molecule has 0 spiro atoms. The molecule has 0 aromatic heterocycles. The van der Waals surface area contributed by atoms with Gasteiger partial charge in [-0.15, -0.1) is 12.4 Å². The van der Waals surface area contributed by atoms with Crippen LogP contribution in [0.25, 0.3) is 0 Å². The third-order valence-electron chi connectivity index (χ3n) is 3.74. The predicted octanol–water partition coefficient (Wildman–Crippen LogP) is 1.17. The van der Waals surface area contributed by atoms with Gasteiger partial charge in [-0.3, -0.25) is 9.59 Å². The minimum absolute atomic E-state index is 0. The van der Waals surface area contributed by atoms with E-state index < -0.39 is 0 Å². The van der Waals surface area contributed by atoms with Crippen LogP contribution in [0.3, 0.4) is 0 Å². The maximum absolute atomic E-state index is 12.1. The molecule has 0 radical (unpaired) electrons. The molecule has 20 heavy (non-hydrogen) atoms. The van der Waals surface area contributed by atoms with Crippen molar-refractivity contribution in [3.8, 4) is 0 Å². The van der Waals surface area contributed by atoms with Crippen LogP contribution in [-0.4, -0.2) is 48.4 Å². The Morgan fingerprint density at radius 1 is 1.35 bits per heavy atom. The van der Waals surface area contributed by atoms with Gasteiger partial charge in [0.2, 0.25) is 11.8 Å². The highest BCUT2D eigenvalue weighted by atomic mass is 35.5. The first-order valence-corrected chi connectivity index (χ1v) is 7.21. The number of hydrogen-bond donors (Lipinski definition) is 2. The topological polar surface area (TPSA) is 61.4 Å². The lowest BCUT2D eigenvalue weighted by Crippen LogP contribution is -2.58. The Morgan fingerprint density at radius 3 is 2.60 bits per heavy atom. The number of rotatable bonds is 5. The summed E-state index contributed by atoms with van der Waals surface area (Å²) in [6, 6.07) is 0.475. The van der Waals surface area contributed by atoms with Gasteiger partial charge in [0.1, 0.15) is 0 Å². The van der Waals surface area contributed by atoms with Crippen molar-refractivity contribution in [1.82, 2.24) is 15.5 Å². The lowest BCUT2D eigenvalue weighted by atomic mass is 10.1. The van der Waals surface area contributed by atoms with Gasteiger partial charge in [0.25, 0.3) is 0 Å². The number of nitrogens with one attached hydrogen (secondary N) is 2. The standard InChI is InChI=1S/C14H27N3O2.ClH/c1-10(2)5-6-13(18)16-9-14(19)17-8-7-15-11(3)12(17)4;/h10-12,15H,5-9H2,1-4H3,(H,16,18);1H. The van der Waals surface area contributed by atoms with Gasteiger partial charge < -0.3 is 15.5 Å². The minimum Gasteiger partial charge on any atom is -0.347 e. The van der Waals surface area contributed by atoms with Gasteiger partial charge in [0.15, 0.2) is 0 Å². The zero-order valence-corrected chi connectivity index (χ0v) is 13.8. The van der Waals surface area contributed by atoms with Gasteiger partial charge in [-0.25, -0.2) is 0 Å². The second-order valence-electron chi connectivity index (χ2n) is 5.78. The van der Waals surface area contributed by atoms with E-state index in [1.807, 2.05) is 11.8 Å². The number of halogens is 1. The van der Waals surface area contributed by atoms with Crippen LogP contribution in [0, 0.1) is 5.92 Å². The van der Waals surface area contributed by atoms with E-state index in [-0.39, 0.29) is 36.8 Å². The molecule has 118 valence electrons. The number of nitrogens with zero attached hydrogens (tertiary/aromatic N) is 1. The van der Waals surface area contributed by atoms with E-state index in [2.05, 4.69) is 31.4 Å². The van der Waals surface area contributed by atoms with Crippen molar-refractivity contribution in [3.63, 3.8) is 0 Å². The Hall–Kier alpha value is -0.810. The van der Waals surface area contributed by atoms with Crippen molar-refractivity contribution < 1.29 is 9.59 Å². The molecule has 0 aromatic carbocycles. The van der Waals surface area contributed by atoms with Crippen LogP contribution < -0.4 is 10.6 Å². The number of carbonyl (C=O) groups excluding carboxylic acids is 2. The Kier molecular flexibility index (Phi) is 8.81. The average molecular weight is 306 g/mol. The number of hydrogen-bond acceptors (Lipinski definition) is 3. The Morgan fingerprint density at radius 2 is 2.00 bits per heavy atom. The second kappa shape index (κ2) is 9.19. The summed E-state index contributed by atoms with van der Waals surface area (Å²) in [5, 5.41) is 6.05. The van der Waals surface area contributed by atoms with E-state index in [9.17, 15) is 9.59 Å². The van der Waals surface area contributed by atoms with E-state index in [0.29, 0.717) is 24.9 Å². The van der Waals surface area contributed by atoms with E-state index >= 15 is 0 Å². The molecule has 1 aliphatic rings. The van der Waals surface area contributed by atoms with E-state index in [4.69, 9.17) is 0 Å². The molecule has 2 unspecified atom stereocenters. The molecule has 1 heterocycles. The van der Waals surface area contributed by atoms with Gasteiger partial charge in [-0.1, -0.05) is 13.8 Å². The number of carbonyl (C=O) groups is 2. The molecule has 1 saturated heterocycles. The second-order valence-corrected chi connectivity index (χ2v) is 5.78. The molecule has 1 rings (SSSR count).